The quantitative estimate of drug-likeness (QED) is 0.507. The predicted molar refractivity (Wildman–Crippen MR) is 111 cm³/mol. The first-order chi connectivity index (χ1) is 13.4. The van der Waals surface area contributed by atoms with Crippen molar-refractivity contribution < 1.29 is 19.1 Å². The number of amides is 2. The van der Waals surface area contributed by atoms with Gasteiger partial charge in [-0.3, -0.25) is 9.59 Å². The molecule has 3 N–H and O–H groups in total. The van der Waals surface area contributed by atoms with Crippen molar-refractivity contribution in [1.29, 1.82) is 0 Å². The number of nitrogens with zero attached hydrogens (tertiary/aromatic N) is 1. The highest BCUT2D eigenvalue weighted by Gasteiger charge is 2.27. The highest BCUT2D eigenvalue weighted by molar-refractivity contribution is 8.01. The van der Waals surface area contributed by atoms with Gasteiger partial charge >= 0.3 is 5.97 Å². The van der Waals surface area contributed by atoms with Gasteiger partial charge in [-0.15, -0.1) is 22.7 Å². The summed E-state index contributed by atoms with van der Waals surface area (Å²) < 4.78 is 5.64. The maximum absolute atomic E-state index is 12.5. The topological polar surface area (TPSA) is 111 Å². The number of carbonyl (C=O) groups excluding carboxylic acids is 3. The van der Waals surface area contributed by atoms with E-state index in [9.17, 15) is 14.4 Å². The average molecular weight is 440 g/mol. The molecule has 2 amide bonds. The molecular formula is C18H21N3O4S3. The molecule has 0 atom stereocenters. The third kappa shape index (κ3) is 4.73. The Labute approximate surface area is 175 Å². The lowest BCUT2D eigenvalue weighted by molar-refractivity contribution is -0.117. The summed E-state index contributed by atoms with van der Waals surface area (Å²) in [6.45, 7) is 1.82. The fraction of sp³-hybridized carbons (Fsp3) is 0.444. The number of thiophene rings is 1. The van der Waals surface area contributed by atoms with Gasteiger partial charge in [0.15, 0.2) is 4.34 Å². The Balaban J connectivity index is 1.68. The van der Waals surface area contributed by atoms with Crippen LogP contribution in [0.4, 0.5) is 5.00 Å². The third-order valence-corrected chi connectivity index (χ3v) is 7.86. The second kappa shape index (κ2) is 9.06. The van der Waals surface area contributed by atoms with Crippen molar-refractivity contribution in [2.24, 2.45) is 5.73 Å². The van der Waals surface area contributed by atoms with Crippen LogP contribution in [0, 0.1) is 6.92 Å². The molecule has 0 spiro atoms. The van der Waals surface area contributed by atoms with E-state index in [-0.39, 0.29) is 18.1 Å². The normalized spacial score (nSPS) is 13.1. The summed E-state index contributed by atoms with van der Waals surface area (Å²) in [5, 5.41) is 3.43. The number of hydrogen-bond donors (Lipinski definition) is 2. The van der Waals surface area contributed by atoms with Gasteiger partial charge in [-0.25, -0.2) is 9.78 Å². The third-order valence-electron chi connectivity index (χ3n) is 4.35. The molecule has 0 aliphatic heterocycles. The molecule has 0 aromatic carbocycles. The number of rotatable bonds is 7. The van der Waals surface area contributed by atoms with Crippen molar-refractivity contribution in [3.8, 4) is 0 Å². The van der Waals surface area contributed by atoms with E-state index in [2.05, 4.69) is 10.3 Å². The van der Waals surface area contributed by atoms with Gasteiger partial charge < -0.3 is 15.8 Å². The molecule has 0 unspecified atom stereocenters. The number of thioether (sulfide) groups is 1. The molecule has 1 aliphatic carbocycles. The summed E-state index contributed by atoms with van der Waals surface area (Å²) in [6.07, 6.45) is 4.04. The Morgan fingerprint density at radius 1 is 1.25 bits per heavy atom. The Kier molecular flexibility index (Phi) is 6.73. The van der Waals surface area contributed by atoms with Crippen LogP contribution in [0.15, 0.2) is 4.34 Å². The lowest BCUT2D eigenvalue weighted by Crippen LogP contribution is -2.16. The maximum atomic E-state index is 12.5. The maximum Gasteiger partial charge on any atom is 0.341 e. The van der Waals surface area contributed by atoms with Crippen molar-refractivity contribution in [1.82, 2.24) is 4.98 Å². The van der Waals surface area contributed by atoms with Gasteiger partial charge in [0.2, 0.25) is 11.8 Å². The van der Waals surface area contributed by atoms with Crippen LogP contribution in [0.2, 0.25) is 0 Å². The zero-order valence-corrected chi connectivity index (χ0v) is 18.1. The van der Waals surface area contributed by atoms with Gasteiger partial charge in [-0.2, -0.15) is 0 Å². The molecule has 2 heterocycles. The van der Waals surface area contributed by atoms with Crippen molar-refractivity contribution >= 4 is 57.2 Å². The van der Waals surface area contributed by atoms with Crippen LogP contribution in [-0.4, -0.2) is 35.6 Å². The van der Waals surface area contributed by atoms with E-state index >= 15 is 0 Å². The minimum atomic E-state index is -0.408. The zero-order valence-electron chi connectivity index (χ0n) is 15.6. The van der Waals surface area contributed by atoms with Crippen molar-refractivity contribution in [3.63, 3.8) is 0 Å². The second-order valence-corrected chi connectivity index (χ2v) is 9.79. The van der Waals surface area contributed by atoms with Crippen LogP contribution >= 0.6 is 34.4 Å². The monoisotopic (exact) mass is 439 g/mol. The molecule has 0 bridgehead atoms. The summed E-state index contributed by atoms with van der Waals surface area (Å²) in [5.74, 6) is -0.864. The van der Waals surface area contributed by atoms with E-state index < -0.39 is 11.9 Å². The van der Waals surface area contributed by atoms with E-state index in [1.54, 1.807) is 0 Å². The van der Waals surface area contributed by atoms with Gasteiger partial charge in [0.25, 0.3) is 0 Å². The molecule has 0 saturated heterocycles. The Hall–Kier alpha value is -1.91. The Bertz CT molecular complexity index is 920. The van der Waals surface area contributed by atoms with Crippen LogP contribution in [0.3, 0.4) is 0 Å². The molecule has 150 valence electrons. The minimum absolute atomic E-state index is 0.152. The lowest BCUT2D eigenvalue weighted by atomic mass is 9.95. The molecule has 7 nitrogen and oxygen atoms in total. The molecule has 10 heteroatoms. The molecule has 1 aliphatic rings. The zero-order chi connectivity index (χ0) is 20.3. The largest absolute Gasteiger partial charge is 0.465 e. The molecular weight excluding hydrogens is 418 g/mol. The van der Waals surface area contributed by atoms with E-state index in [1.165, 1.54) is 41.5 Å². The number of esters is 1. The van der Waals surface area contributed by atoms with Gasteiger partial charge in [-0.05, 0) is 38.2 Å². The summed E-state index contributed by atoms with van der Waals surface area (Å²) in [6, 6.07) is 0. The number of methoxy groups -OCH3 is 1. The molecule has 3 rings (SSSR count). The van der Waals surface area contributed by atoms with Gasteiger partial charge in [0.1, 0.15) is 5.00 Å². The first-order valence-corrected chi connectivity index (χ1v) is 11.4. The summed E-state index contributed by atoms with van der Waals surface area (Å²) in [4.78, 5) is 42.1. The number of nitrogens with two attached hydrogens (primary N) is 1. The summed E-state index contributed by atoms with van der Waals surface area (Å²) in [5.41, 5.74) is 7.50. The highest BCUT2D eigenvalue weighted by atomic mass is 32.2. The number of carbonyl (C=O) groups is 3. The number of aryl methyl sites for hydroxylation is 2. The number of hydrogen-bond acceptors (Lipinski definition) is 8. The molecule has 0 radical (unpaired) electrons. The van der Waals surface area contributed by atoms with Gasteiger partial charge in [0.05, 0.1) is 30.5 Å². The van der Waals surface area contributed by atoms with Crippen LogP contribution < -0.4 is 11.1 Å². The summed E-state index contributed by atoms with van der Waals surface area (Å²) in [7, 11) is 1.35. The van der Waals surface area contributed by atoms with Crippen LogP contribution in [0.25, 0.3) is 0 Å². The van der Waals surface area contributed by atoms with Gasteiger partial charge in [0, 0.05) is 9.75 Å². The summed E-state index contributed by atoms with van der Waals surface area (Å²) >= 11 is 4.13. The van der Waals surface area contributed by atoms with Crippen molar-refractivity contribution in [2.75, 3.05) is 18.2 Å². The van der Waals surface area contributed by atoms with E-state index in [1.807, 2.05) is 6.92 Å². The van der Waals surface area contributed by atoms with Crippen LogP contribution in [0.5, 0.6) is 0 Å². The fourth-order valence-corrected chi connectivity index (χ4v) is 6.38. The molecule has 0 saturated carbocycles. The predicted octanol–water partition coefficient (Wildman–Crippen LogP) is 2.94. The molecule has 2 aromatic heterocycles. The average Bonchev–Trinajstić information content (AvgIpc) is 3.18. The smallest absolute Gasteiger partial charge is 0.341 e. The van der Waals surface area contributed by atoms with Crippen LogP contribution in [0.1, 0.15) is 44.2 Å². The first-order valence-electron chi connectivity index (χ1n) is 8.79. The number of ether oxygens (including phenoxy) is 1. The molecule has 0 fully saturated rings. The van der Waals surface area contributed by atoms with E-state index in [0.717, 1.165) is 46.7 Å². The Morgan fingerprint density at radius 3 is 2.71 bits per heavy atom. The number of thiazole rings is 1. The van der Waals surface area contributed by atoms with Crippen molar-refractivity contribution in [2.45, 2.75) is 43.4 Å². The van der Waals surface area contributed by atoms with Crippen molar-refractivity contribution in [3.05, 3.63) is 26.6 Å². The number of aromatic nitrogens is 1. The lowest BCUT2D eigenvalue weighted by Gasteiger charge is -2.11. The molecule has 2 aromatic rings. The number of anilines is 1. The number of nitrogens with one attached hydrogen (secondary N) is 1. The van der Waals surface area contributed by atoms with E-state index in [4.69, 9.17) is 10.5 Å². The fourth-order valence-electron chi connectivity index (χ4n) is 3.05. The minimum Gasteiger partial charge on any atom is -0.465 e. The van der Waals surface area contributed by atoms with Gasteiger partial charge in [-0.1, -0.05) is 11.8 Å². The second-order valence-electron chi connectivity index (χ2n) is 6.37. The Morgan fingerprint density at radius 2 is 2.00 bits per heavy atom. The first kappa shape index (κ1) is 20.8. The standard InChI is InChI=1S/C18H21N3O4S3/c1-9-12(7-13(19)22)28-18(20-9)26-8-14(23)21-16-15(17(24)25-2)10-5-3-4-6-11(10)27-16/h3-8H2,1-2H3,(H2,19,22)(H,21,23). The number of primary amides is 1. The number of fused-ring (bicyclic) bond motifs is 1. The molecule has 28 heavy (non-hydrogen) atoms. The SMILES string of the molecule is COC(=O)c1c(NC(=O)CSc2nc(C)c(CC(N)=O)s2)sc2c1CCCC2. The van der Waals surface area contributed by atoms with Crippen LogP contribution in [-0.2, 0) is 33.6 Å². The highest BCUT2D eigenvalue weighted by Crippen LogP contribution is 2.38. The van der Waals surface area contributed by atoms with E-state index in [0.29, 0.717) is 14.9 Å².